The number of fused-ring (bicyclic) bond motifs is 6. The Bertz CT molecular complexity index is 2540. The Morgan fingerprint density at radius 2 is 1.04 bits per heavy atom. The van der Waals surface area contributed by atoms with Crippen LogP contribution in [0, 0.1) is 0 Å². The Hall–Kier alpha value is -5.78. The largest absolute Gasteiger partial charge is 0.245 e. The zero-order valence-corrected chi connectivity index (χ0v) is 24.9. The zero-order valence-electron chi connectivity index (χ0n) is 24.1. The van der Waals surface area contributed by atoms with Crippen molar-refractivity contribution in [3.05, 3.63) is 146 Å². The molecule has 0 aliphatic heterocycles. The summed E-state index contributed by atoms with van der Waals surface area (Å²) in [6, 6.07) is 48.6. The first-order valence-corrected chi connectivity index (χ1v) is 15.7. The second kappa shape index (κ2) is 10.4. The van der Waals surface area contributed by atoms with Gasteiger partial charge in [-0.1, -0.05) is 121 Å². The molecule has 0 bridgehead atoms. The molecule has 210 valence electrons. The molecule has 6 aromatic carbocycles. The van der Waals surface area contributed by atoms with Gasteiger partial charge in [0.15, 0.2) is 17.5 Å². The van der Waals surface area contributed by atoms with Crippen LogP contribution in [0.2, 0.25) is 0 Å². The van der Waals surface area contributed by atoms with Crippen molar-refractivity contribution in [2.45, 2.75) is 0 Å². The van der Waals surface area contributed by atoms with Gasteiger partial charge in [-0.15, -0.1) is 11.3 Å². The lowest BCUT2D eigenvalue weighted by atomic mass is 10.00. The summed E-state index contributed by atoms with van der Waals surface area (Å²) in [4.78, 5) is 20.8. The number of hydrogen-bond acceptors (Lipinski definition) is 5. The van der Waals surface area contributed by atoms with Gasteiger partial charge in [-0.25, -0.2) is 19.9 Å². The molecule has 0 fully saturated rings. The highest BCUT2D eigenvalue weighted by Crippen LogP contribution is 2.40. The van der Waals surface area contributed by atoms with Gasteiger partial charge < -0.3 is 0 Å². The number of pyridine rings is 1. The fourth-order valence-corrected chi connectivity index (χ4v) is 7.31. The summed E-state index contributed by atoms with van der Waals surface area (Å²) in [6.07, 6.45) is 1.86. The standard InChI is InChI=1S/C40H24N4S/c1-2-9-27(10-3-1)37-42-38(28-18-15-26(16-19-28)30-20-17-25-8-4-5-11-29(25)24-30)44-39(43-37)34-13-6-12-32-31(34)21-22-33-35-14-7-23-41-40(35)45-36(32)33/h1-24H. The van der Waals surface area contributed by atoms with Crippen molar-refractivity contribution in [2.75, 3.05) is 0 Å². The summed E-state index contributed by atoms with van der Waals surface area (Å²) in [5.41, 5.74) is 5.21. The molecule has 0 saturated heterocycles. The Labute approximate surface area is 263 Å². The van der Waals surface area contributed by atoms with E-state index in [0.717, 1.165) is 32.5 Å². The smallest absolute Gasteiger partial charge is 0.164 e. The topological polar surface area (TPSA) is 51.6 Å². The highest BCUT2D eigenvalue weighted by Gasteiger charge is 2.16. The van der Waals surface area contributed by atoms with E-state index in [4.69, 9.17) is 15.0 Å². The number of hydrogen-bond donors (Lipinski definition) is 0. The summed E-state index contributed by atoms with van der Waals surface area (Å²) >= 11 is 1.73. The van der Waals surface area contributed by atoms with Crippen LogP contribution >= 0.6 is 11.3 Å². The number of benzene rings is 6. The van der Waals surface area contributed by atoms with Gasteiger partial charge in [0.05, 0.1) is 0 Å². The lowest BCUT2D eigenvalue weighted by Crippen LogP contribution is -2.00. The van der Waals surface area contributed by atoms with Crippen LogP contribution in [0.5, 0.6) is 0 Å². The molecule has 0 atom stereocenters. The minimum Gasteiger partial charge on any atom is -0.245 e. The molecule has 0 spiro atoms. The molecule has 0 unspecified atom stereocenters. The van der Waals surface area contributed by atoms with Gasteiger partial charge in [-0.2, -0.15) is 0 Å². The first-order valence-electron chi connectivity index (χ1n) is 14.9. The third-order valence-corrected chi connectivity index (χ3v) is 9.57. The van der Waals surface area contributed by atoms with Crippen LogP contribution in [0.3, 0.4) is 0 Å². The van der Waals surface area contributed by atoms with Crippen molar-refractivity contribution in [1.82, 2.24) is 19.9 Å². The Morgan fingerprint density at radius 3 is 1.89 bits per heavy atom. The maximum absolute atomic E-state index is 5.08. The summed E-state index contributed by atoms with van der Waals surface area (Å²) in [5, 5.41) is 7.16. The molecule has 3 aromatic heterocycles. The molecule has 0 saturated carbocycles. The second-order valence-corrected chi connectivity index (χ2v) is 12.1. The summed E-state index contributed by atoms with van der Waals surface area (Å²) in [5.74, 6) is 1.95. The van der Waals surface area contributed by atoms with Crippen LogP contribution in [-0.2, 0) is 0 Å². The molecule has 0 radical (unpaired) electrons. The maximum Gasteiger partial charge on any atom is 0.164 e. The molecular formula is C40H24N4S. The van der Waals surface area contributed by atoms with Crippen LogP contribution in [0.25, 0.3) is 87.1 Å². The summed E-state index contributed by atoms with van der Waals surface area (Å²) in [7, 11) is 0. The predicted molar refractivity (Wildman–Crippen MR) is 187 cm³/mol. The van der Waals surface area contributed by atoms with Gasteiger partial charge in [0.2, 0.25) is 0 Å². The third kappa shape index (κ3) is 4.44. The first-order chi connectivity index (χ1) is 22.3. The van der Waals surface area contributed by atoms with Crippen molar-refractivity contribution in [3.63, 3.8) is 0 Å². The number of thiophene rings is 1. The first kappa shape index (κ1) is 25.7. The molecular weight excluding hydrogens is 569 g/mol. The van der Waals surface area contributed by atoms with E-state index < -0.39 is 0 Å². The minimum atomic E-state index is 0.646. The molecule has 0 aliphatic carbocycles. The molecule has 0 amide bonds. The van der Waals surface area contributed by atoms with Crippen molar-refractivity contribution in [3.8, 4) is 45.3 Å². The number of rotatable bonds is 4. The van der Waals surface area contributed by atoms with E-state index in [1.807, 2.05) is 42.6 Å². The van der Waals surface area contributed by atoms with Crippen LogP contribution in [-0.4, -0.2) is 19.9 Å². The predicted octanol–water partition coefficient (Wildman–Crippen LogP) is 10.6. The number of aromatic nitrogens is 4. The van der Waals surface area contributed by atoms with E-state index >= 15 is 0 Å². The van der Waals surface area contributed by atoms with Crippen LogP contribution < -0.4 is 0 Å². The maximum atomic E-state index is 5.08. The average Bonchev–Trinajstić information content (AvgIpc) is 3.51. The van der Waals surface area contributed by atoms with Crippen molar-refractivity contribution >= 4 is 53.2 Å². The van der Waals surface area contributed by atoms with E-state index in [-0.39, 0.29) is 0 Å². The lowest BCUT2D eigenvalue weighted by molar-refractivity contribution is 1.08. The Balaban J connectivity index is 1.19. The normalized spacial score (nSPS) is 11.6. The zero-order chi connectivity index (χ0) is 29.7. The molecule has 0 N–H and O–H groups in total. The van der Waals surface area contributed by atoms with E-state index in [1.165, 1.54) is 37.2 Å². The van der Waals surface area contributed by atoms with E-state index in [1.54, 1.807) is 11.3 Å². The fraction of sp³-hybridized carbons (Fsp3) is 0. The second-order valence-electron chi connectivity index (χ2n) is 11.1. The van der Waals surface area contributed by atoms with E-state index in [2.05, 4.69) is 108 Å². The number of nitrogens with zero attached hydrogens (tertiary/aromatic N) is 4. The third-order valence-electron chi connectivity index (χ3n) is 8.41. The van der Waals surface area contributed by atoms with Crippen molar-refractivity contribution < 1.29 is 0 Å². The molecule has 3 heterocycles. The Morgan fingerprint density at radius 1 is 0.400 bits per heavy atom. The van der Waals surface area contributed by atoms with Crippen molar-refractivity contribution in [1.29, 1.82) is 0 Å². The minimum absolute atomic E-state index is 0.646. The van der Waals surface area contributed by atoms with Gasteiger partial charge >= 0.3 is 0 Å². The highest BCUT2D eigenvalue weighted by molar-refractivity contribution is 7.26. The van der Waals surface area contributed by atoms with Crippen LogP contribution in [0.4, 0.5) is 0 Å². The van der Waals surface area contributed by atoms with Gasteiger partial charge in [0, 0.05) is 43.7 Å². The monoisotopic (exact) mass is 592 g/mol. The average molecular weight is 593 g/mol. The summed E-state index contributed by atoms with van der Waals surface area (Å²) < 4.78 is 1.23. The molecule has 4 nitrogen and oxygen atoms in total. The van der Waals surface area contributed by atoms with Gasteiger partial charge in [-0.05, 0) is 45.5 Å². The van der Waals surface area contributed by atoms with E-state index in [9.17, 15) is 0 Å². The van der Waals surface area contributed by atoms with Crippen LogP contribution in [0.15, 0.2) is 146 Å². The van der Waals surface area contributed by atoms with Gasteiger partial charge in [0.25, 0.3) is 0 Å². The quantitative estimate of drug-likeness (QED) is 0.204. The van der Waals surface area contributed by atoms with Crippen LogP contribution in [0.1, 0.15) is 0 Å². The molecule has 9 aromatic rings. The lowest BCUT2D eigenvalue weighted by Gasteiger charge is -2.11. The molecule has 5 heteroatoms. The fourth-order valence-electron chi connectivity index (χ4n) is 6.14. The highest BCUT2D eigenvalue weighted by atomic mass is 32.1. The SMILES string of the molecule is c1ccc(-c2nc(-c3ccc(-c4ccc5ccccc5c4)cc3)nc(-c3cccc4c3ccc3c5cccnc5sc43)n2)cc1. The van der Waals surface area contributed by atoms with E-state index in [0.29, 0.717) is 17.5 Å². The molecule has 0 aliphatic rings. The Kier molecular flexibility index (Phi) is 5.96. The summed E-state index contributed by atoms with van der Waals surface area (Å²) in [6.45, 7) is 0. The molecule has 45 heavy (non-hydrogen) atoms. The van der Waals surface area contributed by atoms with Gasteiger partial charge in [0.1, 0.15) is 4.83 Å². The van der Waals surface area contributed by atoms with Crippen molar-refractivity contribution in [2.24, 2.45) is 0 Å². The molecule has 9 rings (SSSR count). The van der Waals surface area contributed by atoms with Gasteiger partial charge in [-0.3, -0.25) is 0 Å².